The monoisotopic (exact) mass is 234 g/mol. The van der Waals surface area contributed by atoms with Crippen LogP contribution in [0.1, 0.15) is 0 Å². The number of hydrogen-bond acceptors (Lipinski definition) is 4. The molecule has 16 heavy (non-hydrogen) atoms. The van der Waals surface area contributed by atoms with Crippen LogP contribution in [0.4, 0.5) is 0 Å². The maximum Gasteiger partial charge on any atom is 0.417 e. The Morgan fingerprint density at radius 2 is 2.06 bits per heavy atom. The van der Waals surface area contributed by atoms with Gasteiger partial charge in [-0.1, -0.05) is 17.4 Å². The summed E-state index contributed by atoms with van der Waals surface area (Å²) in [5.41, 5.74) is 2.66. The molecule has 2 N–H and O–H groups in total. The second kappa shape index (κ2) is 3.21. The van der Waals surface area contributed by atoms with Gasteiger partial charge in [-0.05, 0) is 12.1 Å². The van der Waals surface area contributed by atoms with Crippen molar-refractivity contribution in [1.29, 1.82) is 0 Å². The van der Waals surface area contributed by atoms with Crippen molar-refractivity contribution in [2.24, 2.45) is 0 Å². The summed E-state index contributed by atoms with van der Waals surface area (Å²) in [6.45, 7) is 0. The molecule has 0 radical (unpaired) electrons. The number of benzene rings is 1. The fourth-order valence-electron chi connectivity index (χ4n) is 1.53. The van der Waals surface area contributed by atoms with Crippen molar-refractivity contribution in [3.05, 3.63) is 43.8 Å². The van der Waals surface area contributed by atoms with Gasteiger partial charge in [0.1, 0.15) is 0 Å². The summed E-state index contributed by atoms with van der Waals surface area (Å²) in [7, 11) is 0. The predicted molar refractivity (Wildman–Crippen MR) is 60.8 cm³/mol. The standard InChI is InChI=1S/C10H6N2O3S/c13-9-11-6-2-1-5(3-8(6)15-9)7-4-16-10(14)12-7/h1-4H,(H,11,13)(H,12,14). The molecular formula is C10H6N2O3S. The number of thiazole rings is 1. The highest BCUT2D eigenvalue weighted by molar-refractivity contribution is 7.07. The number of nitrogens with one attached hydrogen (secondary N) is 2. The Hall–Kier alpha value is -2.08. The number of fused-ring (bicyclic) bond motifs is 1. The van der Waals surface area contributed by atoms with Crippen molar-refractivity contribution in [3.8, 4) is 11.3 Å². The highest BCUT2D eigenvalue weighted by atomic mass is 32.1. The topological polar surface area (TPSA) is 78.9 Å². The van der Waals surface area contributed by atoms with Crippen LogP contribution in [-0.2, 0) is 0 Å². The fraction of sp³-hybridized carbons (Fsp3) is 0. The first-order valence-corrected chi connectivity index (χ1v) is 5.41. The van der Waals surface area contributed by atoms with Crippen molar-refractivity contribution in [2.75, 3.05) is 0 Å². The number of rotatable bonds is 1. The zero-order chi connectivity index (χ0) is 11.1. The summed E-state index contributed by atoms with van der Waals surface area (Å²) in [5.74, 6) is -0.481. The van der Waals surface area contributed by atoms with Crippen molar-refractivity contribution < 1.29 is 4.42 Å². The molecule has 0 saturated heterocycles. The molecule has 0 aliphatic heterocycles. The number of aromatic nitrogens is 2. The van der Waals surface area contributed by atoms with Crippen LogP contribution < -0.4 is 10.6 Å². The van der Waals surface area contributed by atoms with Crippen LogP contribution in [0, 0.1) is 0 Å². The van der Waals surface area contributed by atoms with Gasteiger partial charge in [0.25, 0.3) is 0 Å². The van der Waals surface area contributed by atoms with Gasteiger partial charge >= 0.3 is 10.6 Å². The molecule has 6 heteroatoms. The summed E-state index contributed by atoms with van der Waals surface area (Å²) >= 11 is 1.10. The molecule has 3 aromatic rings. The van der Waals surface area contributed by atoms with Gasteiger partial charge in [0, 0.05) is 10.9 Å². The fourth-order valence-corrected chi connectivity index (χ4v) is 2.12. The van der Waals surface area contributed by atoms with Gasteiger partial charge in [-0.15, -0.1) is 0 Å². The molecule has 0 saturated carbocycles. The quantitative estimate of drug-likeness (QED) is 0.670. The normalized spacial score (nSPS) is 11.0. The summed E-state index contributed by atoms with van der Waals surface area (Å²) in [6, 6.07) is 5.27. The SMILES string of the molecule is O=c1[nH]c2ccc(-c3csc(=O)[nH]3)cc2o1. The van der Waals surface area contributed by atoms with Crippen LogP contribution >= 0.6 is 11.3 Å². The Morgan fingerprint density at radius 3 is 2.81 bits per heavy atom. The van der Waals surface area contributed by atoms with E-state index < -0.39 is 5.76 Å². The minimum atomic E-state index is -0.481. The first-order chi connectivity index (χ1) is 7.72. The molecule has 0 bridgehead atoms. The van der Waals surface area contributed by atoms with E-state index in [0.29, 0.717) is 11.1 Å². The first-order valence-electron chi connectivity index (χ1n) is 4.53. The molecule has 2 aromatic heterocycles. The molecule has 0 aliphatic carbocycles. The van der Waals surface area contributed by atoms with Gasteiger partial charge in [-0.25, -0.2) is 4.79 Å². The van der Waals surface area contributed by atoms with Gasteiger partial charge in [0.2, 0.25) is 0 Å². The third kappa shape index (κ3) is 1.40. The summed E-state index contributed by atoms with van der Waals surface area (Å²) in [5, 5.41) is 1.73. The molecule has 0 fully saturated rings. The lowest BCUT2D eigenvalue weighted by Gasteiger charge is -1.95. The average Bonchev–Trinajstić information content (AvgIpc) is 2.81. The van der Waals surface area contributed by atoms with Crippen molar-refractivity contribution >= 4 is 22.4 Å². The van der Waals surface area contributed by atoms with Crippen molar-refractivity contribution in [3.63, 3.8) is 0 Å². The van der Waals surface area contributed by atoms with Crippen LogP contribution in [0.2, 0.25) is 0 Å². The number of oxazole rings is 1. The molecule has 0 aliphatic rings. The molecule has 1 aromatic carbocycles. The molecule has 5 nitrogen and oxygen atoms in total. The second-order valence-corrected chi connectivity index (χ2v) is 4.13. The minimum Gasteiger partial charge on any atom is -0.408 e. The van der Waals surface area contributed by atoms with E-state index in [1.54, 1.807) is 17.5 Å². The number of aromatic amines is 2. The van der Waals surface area contributed by atoms with Gasteiger partial charge < -0.3 is 9.40 Å². The molecule has 0 amide bonds. The predicted octanol–water partition coefficient (Wildman–Crippen LogP) is 1.54. The van der Waals surface area contributed by atoms with Crippen LogP contribution in [0.3, 0.4) is 0 Å². The van der Waals surface area contributed by atoms with E-state index >= 15 is 0 Å². The maximum atomic E-state index is 11.0. The smallest absolute Gasteiger partial charge is 0.408 e. The van der Waals surface area contributed by atoms with Crippen LogP contribution in [-0.4, -0.2) is 9.97 Å². The van der Waals surface area contributed by atoms with E-state index in [2.05, 4.69) is 9.97 Å². The maximum absolute atomic E-state index is 11.0. The second-order valence-electron chi connectivity index (χ2n) is 3.29. The van der Waals surface area contributed by atoms with E-state index in [-0.39, 0.29) is 4.87 Å². The van der Waals surface area contributed by atoms with Crippen molar-refractivity contribution in [1.82, 2.24) is 9.97 Å². The number of H-pyrrole nitrogens is 2. The molecule has 80 valence electrons. The molecule has 0 unspecified atom stereocenters. The Kier molecular flexibility index (Phi) is 1.84. The highest BCUT2D eigenvalue weighted by Gasteiger charge is 2.05. The summed E-state index contributed by atoms with van der Waals surface area (Å²) in [4.78, 5) is 27.1. The van der Waals surface area contributed by atoms with Gasteiger partial charge in [0.15, 0.2) is 5.58 Å². The zero-order valence-electron chi connectivity index (χ0n) is 7.94. The minimum absolute atomic E-state index is 0.106. The molecule has 2 heterocycles. The van der Waals surface area contributed by atoms with Gasteiger partial charge in [-0.2, -0.15) is 0 Å². The van der Waals surface area contributed by atoms with E-state index in [1.807, 2.05) is 6.07 Å². The molecular weight excluding hydrogens is 228 g/mol. The first kappa shape index (κ1) is 9.17. The Balaban J connectivity index is 2.25. The van der Waals surface area contributed by atoms with E-state index in [1.165, 1.54) is 0 Å². The average molecular weight is 234 g/mol. The van der Waals surface area contributed by atoms with Crippen LogP contribution in [0.25, 0.3) is 22.4 Å². The van der Waals surface area contributed by atoms with Gasteiger partial charge in [-0.3, -0.25) is 9.78 Å². The third-order valence-electron chi connectivity index (χ3n) is 2.25. The zero-order valence-corrected chi connectivity index (χ0v) is 8.76. The lowest BCUT2D eigenvalue weighted by atomic mass is 10.1. The summed E-state index contributed by atoms with van der Waals surface area (Å²) in [6.07, 6.45) is 0. The van der Waals surface area contributed by atoms with Crippen LogP contribution in [0.15, 0.2) is 37.6 Å². The Bertz CT molecular complexity index is 762. The van der Waals surface area contributed by atoms with Crippen LogP contribution in [0.5, 0.6) is 0 Å². The molecule has 0 spiro atoms. The number of hydrogen-bond donors (Lipinski definition) is 2. The lowest BCUT2D eigenvalue weighted by molar-refractivity contribution is 0.555. The van der Waals surface area contributed by atoms with Crippen molar-refractivity contribution in [2.45, 2.75) is 0 Å². The van der Waals surface area contributed by atoms with E-state index in [0.717, 1.165) is 22.6 Å². The summed E-state index contributed by atoms with van der Waals surface area (Å²) < 4.78 is 4.94. The van der Waals surface area contributed by atoms with E-state index in [9.17, 15) is 9.59 Å². The third-order valence-corrected chi connectivity index (χ3v) is 2.92. The van der Waals surface area contributed by atoms with E-state index in [4.69, 9.17) is 4.42 Å². The molecule has 3 rings (SSSR count). The highest BCUT2D eigenvalue weighted by Crippen LogP contribution is 2.21. The lowest BCUT2D eigenvalue weighted by Crippen LogP contribution is -1.92. The Morgan fingerprint density at radius 1 is 1.19 bits per heavy atom. The molecule has 0 atom stereocenters. The van der Waals surface area contributed by atoms with Gasteiger partial charge in [0.05, 0.1) is 11.2 Å². The Labute approximate surface area is 92.4 Å². The largest absolute Gasteiger partial charge is 0.417 e.